The quantitative estimate of drug-likeness (QED) is 0.801. The van der Waals surface area contributed by atoms with Crippen LogP contribution in [0.2, 0.25) is 0 Å². The predicted molar refractivity (Wildman–Crippen MR) is 95.5 cm³/mol. The first-order valence-corrected chi connectivity index (χ1v) is 8.17. The van der Waals surface area contributed by atoms with E-state index in [1.807, 2.05) is 49.4 Å². The Hall–Kier alpha value is -2.82. The smallest absolute Gasteiger partial charge is 0.305 e. The van der Waals surface area contributed by atoms with E-state index in [0.717, 1.165) is 11.1 Å². The molecule has 0 saturated heterocycles. The summed E-state index contributed by atoms with van der Waals surface area (Å²) in [5.74, 6) is -0.316. The third-order valence-electron chi connectivity index (χ3n) is 3.83. The zero-order valence-corrected chi connectivity index (χ0v) is 14.6. The van der Waals surface area contributed by atoms with Crippen molar-refractivity contribution in [2.24, 2.45) is 0 Å². The van der Waals surface area contributed by atoms with Crippen molar-refractivity contribution >= 4 is 11.9 Å². The second-order valence-corrected chi connectivity index (χ2v) is 6.06. The highest BCUT2D eigenvalue weighted by atomic mass is 16.5. The molecule has 0 unspecified atom stereocenters. The molecule has 0 aliphatic carbocycles. The van der Waals surface area contributed by atoms with Crippen molar-refractivity contribution in [3.05, 3.63) is 65.2 Å². The summed E-state index contributed by atoms with van der Waals surface area (Å²) >= 11 is 0. The fourth-order valence-corrected chi connectivity index (χ4v) is 2.41. The number of carbonyl (C=O) groups is 2. The number of rotatable bonds is 8. The van der Waals surface area contributed by atoms with Gasteiger partial charge in [-0.3, -0.25) is 9.59 Å². The van der Waals surface area contributed by atoms with Gasteiger partial charge in [0.05, 0.1) is 12.8 Å². The van der Waals surface area contributed by atoms with Gasteiger partial charge in [-0.2, -0.15) is 0 Å². The Bertz CT molecular complexity index is 742. The van der Waals surface area contributed by atoms with E-state index in [1.165, 1.54) is 10.5 Å². The summed E-state index contributed by atoms with van der Waals surface area (Å²) < 4.78 is 5.81. The molecule has 5 nitrogen and oxygen atoms in total. The summed E-state index contributed by atoms with van der Waals surface area (Å²) in [5.41, 5.74) is 3.12. The zero-order chi connectivity index (χ0) is 18.2. The van der Waals surface area contributed by atoms with Gasteiger partial charge in [0.15, 0.2) is 0 Å². The van der Waals surface area contributed by atoms with Crippen LogP contribution in [0.1, 0.15) is 23.1 Å². The first-order chi connectivity index (χ1) is 11.9. The molecule has 2 aromatic rings. The van der Waals surface area contributed by atoms with Gasteiger partial charge in [-0.25, -0.2) is 0 Å². The highest BCUT2D eigenvalue weighted by Crippen LogP contribution is 2.16. The van der Waals surface area contributed by atoms with E-state index in [9.17, 15) is 9.59 Å². The number of aryl methyl sites for hydroxylation is 1. The third-order valence-corrected chi connectivity index (χ3v) is 3.83. The molecule has 25 heavy (non-hydrogen) atoms. The summed E-state index contributed by atoms with van der Waals surface area (Å²) in [5, 5.41) is 8.69. The largest absolute Gasteiger partial charge is 0.489 e. The molecular formula is C20H23NO4. The summed E-state index contributed by atoms with van der Waals surface area (Å²) in [4.78, 5) is 24.2. The molecule has 2 rings (SSSR count). The van der Waals surface area contributed by atoms with Gasteiger partial charge in [0.25, 0.3) is 0 Å². The fraction of sp³-hybridized carbons (Fsp3) is 0.300. The molecule has 2 aromatic carbocycles. The lowest BCUT2D eigenvalue weighted by molar-refractivity contribution is -0.138. The van der Waals surface area contributed by atoms with Crippen LogP contribution in [0.15, 0.2) is 48.5 Å². The van der Waals surface area contributed by atoms with E-state index in [0.29, 0.717) is 12.4 Å². The third kappa shape index (κ3) is 6.30. The minimum Gasteiger partial charge on any atom is -0.489 e. The minimum absolute atomic E-state index is 0.0537. The summed E-state index contributed by atoms with van der Waals surface area (Å²) in [6, 6.07) is 15.5. The lowest BCUT2D eigenvalue weighted by atomic mass is 10.1. The molecule has 0 heterocycles. The predicted octanol–water partition coefficient (Wildman–Crippen LogP) is 3.05. The van der Waals surface area contributed by atoms with Crippen LogP contribution in [0.3, 0.4) is 0 Å². The number of benzene rings is 2. The molecule has 5 heteroatoms. The molecule has 0 fully saturated rings. The maximum absolute atomic E-state index is 12.1. The normalized spacial score (nSPS) is 10.3. The van der Waals surface area contributed by atoms with Gasteiger partial charge in [-0.05, 0) is 30.2 Å². The van der Waals surface area contributed by atoms with Crippen LogP contribution in [-0.4, -0.2) is 35.5 Å². The molecule has 1 N–H and O–H groups in total. The van der Waals surface area contributed by atoms with Gasteiger partial charge in [-0.1, -0.05) is 42.0 Å². The molecule has 0 bridgehead atoms. The Morgan fingerprint density at radius 1 is 1.08 bits per heavy atom. The summed E-state index contributed by atoms with van der Waals surface area (Å²) in [6.45, 7) is 2.71. The first-order valence-electron chi connectivity index (χ1n) is 8.17. The molecule has 0 radical (unpaired) electrons. The van der Waals surface area contributed by atoms with Crippen molar-refractivity contribution < 1.29 is 19.4 Å². The molecule has 132 valence electrons. The van der Waals surface area contributed by atoms with Crippen LogP contribution in [0, 0.1) is 6.92 Å². The van der Waals surface area contributed by atoms with Gasteiger partial charge < -0.3 is 14.7 Å². The van der Waals surface area contributed by atoms with Gasteiger partial charge in [0.2, 0.25) is 5.91 Å². The maximum atomic E-state index is 12.1. The Labute approximate surface area is 147 Å². The Morgan fingerprint density at radius 3 is 2.52 bits per heavy atom. The second-order valence-electron chi connectivity index (χ2n) is 6.06. The molecule has 0 spiro atoms. The van der Waals surface area contributed by atoms with Crippen LogP contribution in [0.4, 0.5) is 0 Å². The van der Waals surface area contributed by atoms with E-state index >= 15 is 0 Å². The lowest BCUT2D eigenvalue weighted by Gasteiger charge is -2.16. The van der Waals surface area contributed by atoms with Gasteiger partial charge in [-0.15, -0.1) is 0 Å². The number of ether oxygens (including phenoxy) is 1. The SMILES string of the molecule is Cc1cccc(COc2cccc(CC(=O)N(C)CCC(=O)O)c2)c1. The Morgan fingerprint density at radius 2 is 1.80 bits per heavy atom. The molecule has 0 saturated carbocycles. The van der Waals surface area contributed by atoms with Crippen LogP contribution in [-0.2, 0) is 22.6 Å². The molecule has 1 amide bonds. The molecular weight excluding hydrogens is 318 g/mol. The van der Waals surface area contributed by atoms with Gasteiger partial charge >= 0.3 is 5.97 Å². The topological polar surface area (TPSA) is 66.8 Å². The number of aliphatic carboxylic acids is 1. The molecule has 0 aromatic heterocycles. The number of carboxylic acids is 1. The van der Waals surface area contributed by atoms with E-state index in [-0.39, 0.29) is 25.3 Å². The van der Waals surface area contributed by atoms with Crippen LogP contribution in [0.25, 0.3) is 0 Å². The van der Waals surface area contributed by atoms with Crippen molar-refractivity contribution in [3.8, 4) is 5.75 Å². The maximum Gasteiger partial charge on any atom is 0.305 e. The highest BCUT2D eigenvalue weighted by Gasteiger charge is 2.11. The number of amides is 1. The van der Waals surface area contributed by atoms with Gasteiger partial charge in [0, 0.05) is 13.6 Å². The average molecular weight is 341 g/mol. The number of likely N-dealkylation sites (N-methyl/N-ethyl adjacent to an activating group) is 1. The number of hydrogen-bond acceptors (Lipinski definition) is 3. The Kier molecular flexibility index (Phi) is 6.57. The number of nitrogens with zero attached hydrogens (tertiary/aromatic N) is 1. The van der Waals surface area contributed by atoms with Crippen molar-refractivity contribution in [2.45, 2.75) is 26.4 Å². The fourth-order valence-electron chi connectivity index (χ4n) is 2.41. The highest BCUT2D eigenvalue weighted by molar-refractivity contribution is 5.79. The number of carbonyl (C=O) groups excluding carboxylic acids is 1. The van der Waals surface area contributed by atoms with E-state index in [1.54, 1.807) is 7.05 Å². The second kappa shape index (κ2) is 8.87. The van der Waals surface area contributed by atoms with Crippen LogP contribution in [0.5, 0.6) is 5.75 Å². The van der Waals surface area contributed by atoms with E-state index in [4.69, 9.17) is 9.84 Å². The van der Waals surface area contributed by atoms with Crippen molar-refractivity contribution in [3.63, 3.8) is 0 Å². The first kappa shape index (κ1) is 18.5. The minimum atomic E-state index is -0.911. The number of carboxylic acid groups (broad SMARTS) is 1. The summed E-state index contributed by atoms with van der Waals surface area (Å²) in [6.07, 6.45) is 0.166. The lowest BCUT2D eigenvalue weighted by Crippen LogP contribution is -2.30. The average Bonchev–Trinajstić information content (AvgIpc) is 2.58. The van der Waals surface area contributed by atoms with E-state index in [2.05, 4.69) is 6.07 Å². The van der Waals surface area contributed by atoms with Gasteiger partial charge in [0.1, 0.15) is 12.4 Å². The molecule has 0 aliphatic heterocycles. The monoisotopic (exact) mass is 341 g/mol. The van der Waals surface area contributed by atoms with Crippen LogP contribution >= 0.6 is 0 Å². The van der Waals surface area contributed by atoms with E-state index < -0.39 is 5.97 Å². The number of hydrogen-bond donors (Lipinski definition) is 1. The van der Waals surface area contributed by atoms with Crippen molar-refractivity contribution in [2.75, 3.05) is 13.6 Å². The Balaban J connectivity index is 1.91. The van der Waals surface area contributed by atoms with Crippen molar-refractivity contribution in [1.29, 1.82) is 0 Å². The zero-order valence-electron chi connectivity index (χ0n) is 14.6. The molecule has 0 atom stereocenters. The summed E-state index contributed by atoms with van der Waals surface area (Å²) in [7, 11) is 1.61. The standard InChI is InChI=1S/C20H23NO4/c1-15-5-3-7-17(11-15)14-25-18-8-4-6-16(12-18)13-19(22)21(2)10-9-20(23)24/h3-8,11-12H,9-10,13-14H2,1-2H3,(H,23,24). The molecule has 0 aliphatic rings. The van der Waals surface area contributed by atoms with Crippen molar-refractivity contribution in [1.82, 2.24) is 4.90 Å². The van der Waals surface area contributed by atoms with Crippen LogP contribution < -0.4 is 4.74 Å².